The number of aliphatic hydroxyl groups is 1. The highest BCUT2D eigenvalue weighted by molar-refractivity contribution is 5.66. The molecule has 3 rings (SSSR count). The lowest BCUT2D eigenvalue weighted by Crippen LogP contribution is -2.06. The summed E-state index contributed by atoms with van der Waals surface area (Å²) in [6.45, 7) is 4.07. The predicted molar refractivity (Wildman–Crippen MR) is 94.5 cm³/mol. The van der Waals surface area contributed by atoms with E-state index in [0.717, 1.165) is 29.1 Å². The summed E-state index contributed by atoms with van der Waals surface area (Å²) in [4.78, 5) is 8.65. The maximum Gasteiger partial charge on any atom is 0.416 e. The number of rotatable bonds is 5. The van der Waals surface area contributed by atoms with E-state index in [2.05, 4.69) is 20.4 Å². The Bertz CT molecular complexity index is 935. The van der Waals surface area contributed by atoms with Gasteiger partial charge in [-0.3, -0.25) is 9.67 Å². The van der Waals surface area contributed by atoms with Gasteiger partial charge in [-0.15, -0.1) is 0 Å². The van der Waals surface area contributed by atoms with Crippen molar-refractivity contribution in [1.29, 1.82) is 0 Å². The van der Waals surface area contributed by atoms with E-state index in [0.29, 0.717) is 23.7 Å². The molecule has 0 amide bonds. The number of hydrogen-bond acceptors (Lipinski definition) is 5. The maximum atomic E-state index is 12.7. The number of alkyl halides is 3. The second-order valence-electron chi connectivity index (χ2n) is 5.98. The van der Waals surface area contributed by atoms with Gasteiger partial charge in [-0.2, -0.15) is 18.3 Å². The van der Waals surface area contributed by atoms with E-state index >= 15 is 0 Å². The predicted octanol–water partition coefficient (Wildman–Crippen LogP) is 3.71. The van der Waals surface area contributed by atoms with Gasteiger partial charge in [-0.1, -0.05) is 0 Å². The van der Waals surface area contributed by atoms with Crippen LogP contribution < -0.4 is 5.32 Å². The van der Waals surface area contributed by atoms with Crippen LogP contribution in [0.5, 0.6) is 0 Å². The molecule has 27 heavy (non-hydrogen) atoms. The van der Waals surface area contributed by atoms with Crippen LogP contribution in [0.2, 0.25) is 0 Å². The summed E-state index contributed by atoms with van der Waals surface area (Å²) >= 11 is 0. The minimum absolute atomic E-state index is 0.0252. The topological polar surface area (TPSA) is 75.9 Å². The molecule has 0 saturated carbocycles. The van der Waals surface area contributed by atoms with Crippen molar-refractivity contribution in [3.8, 4) is 11.3 Å². The molecule has 6 nitrogen and oxygen atoms in total. The van der Waals surface area contributed by atoms with Crippen molar-refractivity contribution >= 4 is 11.5 Å². The number of benzene rings is 1. The van der Waals surface area contributed by atoms with E-state index in [9.17, 15) is 13.2 Å². The highest BCUT2D eigenvalue weighted by atomic mass is 19.4. The molecule has 0 unspecified atom stereocenters. The van der Waals surface area contributed by atoms with E-state index in [1.165, 1.54) is 18.3 Å². The average Bonchev–Trinajstić information content (AvgIpc) is 2.89. The molecule has 3 aromatic rings. The third-order valence-electron chi connectivity index (χ3n) is 4.07. The van der Waals surface area contributed by atoms with Gasteiger partial charge in [0.2, 0.25) is 0 Å². The Labute approximate surface area is 153 Å². The van der Waals surface area contributed by atoms with E-state index in [-0.39, 0.29) is 6.61 Å². The number of aryl methyl sites for hydroxylation is 1. The van der Waals surface area contributed by atoms with Gasteiger partial charge in [0.1, 0.15) is 5.82 Å². The maximum absolute atomic E-state index is 12.7. The Morgan fingerprint density at radius 1 is 1.11 bits per heavy atom. The number of hydrogen-bond donors (Lipinski definition) is 2. The molecule has 2 aromatic heterocycles. The third-order valence-corrected chi connectivity index (χ3v) is 4.07. The second kappa shape index (κ2) is 7.36. The first-order valence-electron chi connectivity index (χ1n) is 8.21. The highest BCUT2D eigenvalue weighted by Crippen LogP contribution is 2.30. The van der Waals surface area contributed by atoms with Crippen molar-refractivity contribution in [2.24, 2.45) is 0 Å². The molecule has 1 aromatic carbocycles. The summed E-state index contributed by atoms with van der Waals surface area (Å²) in [6, 6.07) is 4.69. The van der Waals surface area contributed by atoms with E-state index in [1.807, 2.05) is 13.8 Å². The van der Waals surface area contributed by atoms with Gasteiger partial charge in [0, 0.05) is 16.9 Å². The van der Waals surface area contributed by atoms with Crippen LogP contribution in [-0.4, -0.2) is 31.5 Å². The monoisotopic (exact) mass is 377 g/mol. The Hall–Kier alpha value is -2.94. The molecule has 0 fully saturated rings. The van der Waals surface area contributed by atoms with Crippen molar-refractivity contribution in [2.75, 3.05) is 11.9 Å². The van der Waals surface area contributed by atoms with Crippen LogP contribution in [-0.2, 0) is 12.7 Å². The summed E-state index contributed by atoms with van der Waals surface area (Å²) < 4.78 is 39.7. The lowest BCUT2D eigenvalue weighted by molar-refractivity contribution is -0.137. The molecule has 0 aliphatic carbocycles. The number of halogens is 3. The number of aliphatic hydroxyl groups excluding tert-OH is 1. The fourth-order valence-corrected chi connectivity index (χ4v) is 2.82. The number of aromatic nitrogens is 4. The minimum atomic E-state index is -4.37. The molecule has 0 saturated heterocycles. The third kappa shape index (κ3) is 4.08. The fourth-order valence-electron chi connectivity index (χ4n) is 2.82. The molecule has 9 heteroatoms. The van der Waals surface area contributed by atoms with Crippen LogP contribution in [0, 0.1) is 13.8 Å². The fraction of sp³-hybridized carbons (Fsp3) is 0.278. The molecule has 142 valence electrons. The van der Waals surface area contributed by atoms with Gasteiger partial charge in [0.05, 0.1) is 42.5 Å². The Morgan fingerprint density at radius 3 is 2.44 bits per heavy atom. The van der Waals surface area contributed by atoms with E-state index in [4.69, 9.17) is 5.11 Å². The van der Waals surface area contributed by atoms with Crippen LogP contribution in [0.3, 0.4) is 0 Å². The van der Waals surface area contributed by atoms with E-state index in [1.54, 1.807) is 10.9 Å². The lowest BCUT2D eigenvalue weighted by atomic mass is 10.1. The standard InChI is InChI=1S/C18H18F3N5O/c1-11-17(12(2)26(25-11)7-8-27)15-9-22-10-16(24-15)23-14-5-3-13(4-6-14)18(19,20)21/h3-6,9-10,27H,7-8H2,1-2H3,(H,23,24). The summed E-state index contributed by atoms with van der Waals surface area (Å²) in [5.41, 5.74) is 2.76. The summed E-state index contributed by atoms with van der Waals surface area (Å²) in [7, 11) is 0. The van der Waals surface area contributed by atoms with Crippen molar-refractivity contribution in [2.45, 2.75) is 26.6 Å². The smallest absolute Gasteiger partial charge is 0.394 e. The molecule has 2 N–H and O–H groups in total. The van der Waals surface area contributed by atoms with Gasteiger partial charge >= 0.3 is 6.18 Å². The van der Waals surface area contributed by atoms with E-state index < -0.39 is 11.7 Å². The highest BCUT2D eigenvalue weighted by Gasteiger charge is 2.29. The van der Waals surface area contributed by atoms with Gasteiger partial charge in [0.15, 0.2) is 0 Å². The zero-order valence-electron chi connectivity index (χ0n) is 14.7. The average molecular weight is 377 g/mol. The Morgan fingerprint density at radius 2 is 1.81 bits per heavy atom. The first-order chi connectivity index (χ1) is 12.8. The first-order valence-corrected chi connectivity index (χ1v) is 8.21. The second-order valence-corrected chi connectivity index (χ2v) is 5.98. The largest absolute Gasteiger partial charge is 0.416 e. The van der Waals surface area contributed by atoms with Crippen LogP contribution >= 0.6 is 0 Å². The van der Waals surface area contributed by atoms with Gasteiger partial charge in [0.25, 0.3) is 0 Å². The summed E-state index contributed by atoms with van der Waals surface area (Å²) in [6.07, 6.45) is -1.29. The minimum Gasteiger partial charge on any atom is -0.394 e. The van der Waals surface area contributed by atoms with Gasteiger partial charge < -0.3 is 10.4 Å². The van der Waals surface area contributed by atoms with Crippen molar-refractivity contribution in [3.05, 3.63) is 53.6 Å². The zero-order chi connectivity index (χ0) is 19.6. The van der Waals surface area contributed by atoms with Gasteiger partial charge in [-0.25, -0.2) is 4.98 Å². The Kier molecular flexibility index (Phi) is 5.13. The quantitative estimate of drug-likeness (QED) is 0.709. The van der Waals surface area contributed by atoms with Crippen molar-refractivity contribution < 1.29 is 18.3 Å². The molecule has 0 aliphatic heterocycles. The lowest BCUT2D eigenvalue weighted by Gasteiger charge is -2.10. The van der Waals surface area contributed by atoms with Crippen molar-refractivity contribution in [3.63, 3.8) is 0 Å². The molecule has 0 spiro atoms. The van der Waals surface area contributed by atoms with Gasteiger partial charge in [-0.05, 0) is 38.1 Å². The number of nitrogens with zero attached hydrogens (tertiary/aromatic N) is 4. The van der Waals surface area contributed by atoms with Crippen molar-refractivity contribution in [1.82, 2.24) is 19.7 Å². The van der Waals surface area contributed by atoms with Crippen LogP contribution in [0.15, 0.2) is 36.7 Å². The molecular weight excluding hydrogens is 359 g/mol. The van der Waals surface area contributed by atoms with Crippen LogP contribution in [0.4, 0.5) is 24.7 Å². The normalized spacial score (nSPS) is 11.6. The number of nitrogens with one attached hydrogen (secondary N) is 1. The summed E-state index contributed by atoms with van der Waals surface area (Å²) in [5.74, 6) is 0.404. The molecular formula is C18H18F3N5O. The number of anilines is 2. The summed E-state index contributed by atoms with van der Waals surface area (Å²) in [5, 5.41) is 16.5. The molecule has 0 bridgehead atoms. The molecule has 0 radical (unpaired) electrons. The molecule has 0 atom stereocenters. The Balaban J connectivity index is 1.86. The van der Waals surface area contributed by atoms with Crippen LogP contribution in [0.1, 0.15) is 17.0 Å². The van der Waals surface area contributed by atoms with Crippen LogP contribution in [0.25, 0.3) is 11.3 Å². The first kappa shape index (κ1) is 18.8. The molecule has 0 aliphatic rings. The SMILES string of the molecule is Cc1nn(CCO)c(C)c1-c1cncc(Nc2ccc(C(F)(F)F)cc2)n1. The zero-order valence-corrected chi connectivity index (χ0v) is 14.7. The molecule has 2 heterocycles.